The van der Waals surface area contributed by atoms with Crippen LogP contribution in [-0.4, -0.2) is 9.97 Å². The molecule has 2 aromatic carbocycles. The summed E-state index contributed by atoms with van der Waals surface area (Å²) in [5, 5.41) is 7.17. The molecule has 3 aromatic rings. The van der Waals surface area contributed by atoms with Crippen LogP contribution in [0.15, 0.2) is 60.8 Å². The maximum Gasteiger partial charge on any atom is 0.174 e. The molecule has 36 heavy (non-hydrogen) atoms. The molecule has 0 aliphatic heterocycles. The summed E-state index contributed by atoms with van der Waals surface area (Å²) >= 11 is 0. The van der Waals surface area contributed by atoms with Crippen LogP contribution >= 0.6 is 0 Å². The van der Waals surface area contributed by atoms with Crippen molar-refractivity contribution < 1.29 is 0 Å². The van der Waals surface area contributed by atoms with Crippen LogP contribution in [-0.2, 0) is 10.8 Å². The molecule has 0 spiro atoms. The number of nitrogens with one attached hydrogen (secondary N) is 2. The number of nitrogens with zero attached hydrogens (tertiary/aromatic N) is 2. The zero-order chi connectivity index (χ0) is 26.0. The van der Waals surface area contributed by atoms with Crippen LogP contribution < -0.4 is 10.6 Å². The molecule has 0 bridgehead atoms. The predicted octanol–water partition coefficient (Wildman–Crippen LogP) is 9.15. The van der Waals surface area contributed by atoms with Crippen LogP contribution in [0.25, 0.3) is 0 Å². The van der Waals surface area contributed by atoms with Crippen LogP contribution in [0.3, 0.4) is 0 Å². The monoisotopic (exact) mass is 484 g/mol. The van der Waals surface area contributed by atoms with E-state index in [1.165, 1.54) is 37.7 Å². The Kier molecular flexibility index (Phi) is 7.45. The van der Waals surface area contributed by atoms with Crippen molar-refractivity contribution in [2.24, 2.45) is 11.3 Å². The highest BCUT2D eigenvalue weighted by Gasteiger charge is 2.45. The summed E-state index contributed by atoms with van der Waals surface area (Å²) in [6.45, 7) is 16.3. The van der Waals surface area contributed by atoms with Gasteiger partial charge in [-0.3, -0.25) is 0 Å². The molecule has 4 heteroatoms. The average molecular weight is 485 g/mol. The van der Waals surface area contributed by atoms with E-state index in [4.69, 9.17) is 9.97 Å². The van der Waals surface area contributed by atoms with E-state index in [-0.39, 0.29) is 16.2 Å². The Morgan fingerprint density at radius 3 is 2.03 bits per heavy atom. The molecule has 1 saturated carbocycles. The van der Waals surface area contributed by atoms with Crippen molar-refractivity contribution in [3.63, 3.8) is 0 Å². The Labute approximate surface area is 218 Å². The van der Waals surface area contributed by atoms with E-state index >= 15 is 0 Å². The van der Waals surface area contributed by atoms with E-state index in [0.29, 0.717) is 5.92 Å². The Bertz CT molecular complexity index is 1150. The molecule has 4 nitrogen and oxygen atoms in total. The summed E-state index contributed by atoms with van der Waals surface area (Å²) in [7, 11) is 0. The minimum atomic E-state index is -0.132. The number of hydrogen-bond acceptors (Lipinski definition) is 4. The van der Waals surface area contributed by atoms with E-state index in [2.05, 4.69) is 95.5 Å². The van der Waals surface area contributed by atoms with Gasteiger partial charge in [-0.1, -0.05) is 104 Å². The summed E-state index contributed by atoms with van der Waals surface area (Å²) < 4.78 is 0. The van der Waals surface area contributed by atoms with Crippen LogP contribution in [0.5, 0.6) is 0 Å². The predicted molar refractivity (Wildman–Crippen MR) is 154 cm³/mol. The highest BCUT2D eigenvalue weighted by molar-refractivity contribution is 5.74. The average Bonchev–Trinajstić information content (AvgIpc) is 2.86. The zero-order valence-corrected chi connectivity index (χ0v) is 23.3. The van der Waals surface area contributed by atoms with Gasteiger partial charge in [0.25, 0.3) is 0 Å². The van der Waals surface area contributed by atoms with Crippen LogP contribution in [0.1, 0.15) is 91.8 Å². The van der Waals surface area contributed by atoms with Gasteiger partial charge < -0.3 is 10.6 Å². The third-order valence-corrected chi connectivity index (χ3v) is 8.67. The number of aromatic nitrogens is 2. The lowest BCUT2D eigenvalue weighted by Crippen LogP contribution is -2.43. The number of para-hydroxylation sites is 2. The first kappa shape index (κ1) is 26.2. The number of hydrogen-bond donors (Lipinski definition) is 2. The van der Waals surface area contributed by atoms with Gasteiger partial charge in [-0.2, -0.15) is 0 Å². The van der Waals surface area contributed by atoms with Crippen LogP contribution in [0.4, 0.5) is 23.0 Å². The smallest absolute Gasteiger partial charge is 0.174 e. The lowest BCUT2D eigenvalue weighted by Gasteiger charge is -2.48. The zero-order valence-electron chi connectivity index (χ0n) is 23.3. The van der Waals surface area contributed by atoms with Gasteiger partial charge in [0.05, 0.1) is 11.9 Å². The van der Waals surface area contributed by atoms with E-state index < -0.39 is 0 Å². The summed E-state index contributed by atoms with van der Waals surface area (Å²) in [5.41, 5.74) is 4.33. The maximum absolute atomic E-state index is 5.28. The van der Waals surface area contributed by atoms with E-state index in [1.807, 2.05) is 24.4 Å². The minimum Gasteiger partial charge on any atom is -0.337 e. The fraction of sp³-hybridized carbons (Fsp3) is 0.500. The molecule has 1 aliphatic rings. The van der Waals surface area contributed by atoms with Gasteiger partial charge in [0.2, 0.25) is 0 Å². The van der Waals surface area contributed by atoms with Crippen molar-refractivity contribution in [2.45, 2.75) is 91.4 Å². The van der Waals surface area contributed by atoms with E-state index in [9.17, 15) is 0 Å². The quantitative estimate of drug-likeness (QED) is 0.351. The molecule has 4 rings (SSSR count). The summed E-state index contributed by atoms with van der Waals surface area (Å²) in [6.07, 6.45) is 8.64. The third kappa shape index (κ3) is 5.43. The second kappa shape index (κ2) is 10.2. The normalized spacial score (nSPS) is 15.5. The number of benzene rings is 2. The molecule has 0 unspecified atom stereocenters. The highest BCUT2D eigenvalue weighted by atomic mass is 15.1. The van der Waals surface area contributed by atoms with Gasteiger partial charge in [0.15, 0.2) is 11.6 Å². The van der Waals surface area contributed by atoms with Crippen molar-refractivity contribution in [3.8, 4) is 0 Å². The molecular formula is C32H44N4. The van der Waals surface area contributed by atoms with Crippen molar-refractivity contribution in [2.75, 3.05) is 10.6 Å². The van der Waals surface area contributed by atoms with Crippen molar-refractivity contribution in [1.82, 2.24) is 9.97 Å². The first-order valence-corrected chi connectivity index (χ1v) is 13.6. The highest BCUT2D eigenvalue weighted by Crippen LogP contribution is 2.51. The second-order valence-corrected chi connectivity index (χ2v) is 12.5. The van der Waals surface area contributed by atoms with Gasteiger partial charge in [0.1, 0.15) is 0 Å². The second-order valence-electron chi connectivity index (χ2n) is 12.5. The summed E-state index contributed by atoms with van der Waals surface area (Å²) in [4.78, 5) is 10.2. The molecule has 1 aromatic heterocycles. The van der Waals surface area contributed by atoms with Gasteiger partial charge in [-0.05, 0) is 53.4 Å². The largest absolute Gasteiger partial charge is 0.337 e. The van der Waals surface area contributed by atoms with Crippen LogP contribution in [0.2, 0.25) is 0 Å². The van der Waals surface area contributed by atoms with Gasteiger partial charge in [0, 0.05) is 16.8 Å². The fourth-order valence-electron chi connectivity index (χ4n) is 5.57. The third-order valence-electron chi connectivity index (χ3n) is 8.67. The topological polar surface area (TPSA) is 49.8 Å². The molecule has 2 N–H and O–H groups in total. The standard InChI is InChI=1S/C32H44N4/c1-30(2,3)25-20-14-15-21-26(25)35-29-28(34-24-18-12-9-13-19-24)33-22-27(36-29)32(6,7)31(4,5)23-16-10-8-11-17-23/h9,12-15,18-23H,8,10-11,16-17H2,1-7H3,(H,33,34)(H,35,36). The lowest BCUT2D eigenvalue weighted by molar-refractivity contribution is 0.0708. The number of rotatable bonds is 7. The van der Waals surface area contributed by atoms with Gasteiger partial charge >= 0.3 is 0 Å². The molecule has 0 atom stereocenters. The Morgan fingerprint density at radius 1 is 0.722 bits per heavy atom. The number of anilines is 4. The maximum atomic E-state index is 5.28. The Morgan fingerprint density at radius 2 is 1.36 bits per heavy atom. The molecule has 192 valence electrons. The van der Waals surface area contributed by atoms with Crippen molar-refractivity contribution in [3.05, 3.63) is 72.1 Å². The van der Waals surface area contributed by atoms with E-state index in [1.54, 1.807) is 0 Å². The molecule has 0 radical (unpaired) electrons. The summed E-state index contributed by atoms with van der Waals surface area (Å²) in [5.74, 6) is 2.20. The molecule has 0 saturated heterocycles. The Balaban J connectivity index is 1.76. The summed E-state index contributed by atoms with van der Waals surface area (Å²) in [6, 6.07) is 18.7. The first-order valence-electron chi connectivity index (χ1n) is 13.6. The molecule has 1 heterocycles. The van der Waals surface area contributed by atoms with Gasteiger partial charge in [-0.25, -0.2) is 9.97 Å². The molecule has 1 aliphatic carbocycles. The first-order chi connectivity index (χ1) is 17.0. The van der Waals surface area contributed by atoms with E-state index in [0.717, 1.165) is 28.7 Å². The Hall–Kier alpha value is -2.88. The van der Waals surface area contributed by atoms with Crippen molar-refractivity contribution in [1.29, 1.82) is 0 Å². The molecular weight excluding hydrogens is 440 g/mol. The molecule has 1 fully saturated rings. The minimum absolute atomic E-state index is 0.00387. The lowest BCUT2D eigenvalue weighted by atomic mass is 9.57. The molecule has 0 amide bonds. The SMILES string of the molecule is CC(C)(C)c1ccccc1Nc1nc(C(C)(C)C(C)(C)C2CCCCC2)cnc1Nc1ccccc1. The van der Waals surface area contributed by atoms with Gasteiger partial charge in [-0.15, -0.1) is 0 Å². The fourth-order valence-corrected chi connectivity index (χ4v) is 5.57. The van der Waals surface area contributed by atoms with Crippen LogP contribution in [0, 0.1) is 11.3 Å². The van der Waals surface area contributed by atoms with Crippen molar-refractivity contribution >= 4 is 23.0 Å².